The summed E-state index contributed by atoms with van der Waals surface area (Å²) in [5.41, 5.74) is 17.2. The van der Waals surface area contributed by atoms with E-state index in [1.807, 2.05) is 0 Å². The number of rotatable bonds is 5. The number of amidine groups is 1. The van der Waals surface area contributed by atoms with Crippen LogP contribution < -0.4 is 0 Å². The first-order chi connectivity index (χ1) is 28.0. The van der Waals surface area contributed by atoms with Gasteiger partial charge >= 0.3 is 0 Å². The largest absolute Gasteiger partial charge is 0.454 e. The molecule has 0 saturated heterocycles. The van der Waals surface area contributed by atoms with Crippen molar-refractivity contribution in [3.8, 4) is 16.8 Å². The number of furan rings is 1. The zero-order chi connectivity index (χ0) is 37.8. The molecule has 0 radical (unpaired) electrons. The molecule has 272 valence electrons. The summed E-state index contributed by atoms with van der Waals surface area (Å²) in [4.78, 5) is 10.8. The van der Waals surface area contributed by atoms with Gasteiger partial charge in [0.1, 0.15) is 11.6 Å². The summed E-state index contributed by atoms with van der Waals surface area (Å²) in [6.45, 7) is 4.70. The van der Waals surface area contributed by atoms with Gasteiger partial charge in [0, 0.05) is 32.5 Å². The molecule has 1 unspecified atom stereocenters. The molecular formula is C53H39N3O. The van der Waals surface area contributed by atoms with Crippen LogP contribution >= 0.6 is 0 Å². The van der Waals surface area contributed by atoms with Crippen LogP contribution in [0.3, 0.4) is 0 Å². The minimum Gasteiger partial charge on any atom is -0.454 e. The number of hydrogen-bond donors (Lipinski definition) is 0. The number of aliphatic imine (C=N–C) groups is 2. The van der Waals surface area contributed by atoms with Crippen LogP contribution in [0.4, 0.5) is 0 Å². The smallest absolute Gasteiger partial charge is 0.159 e. The van der Waals surface area contributed by atoms with Gasteiger partial charge in [-0.3, -0.25) is 4.99 Å². The Hall–Kier alpha value is -6.78. The Bertz CT molecular complexity index is 3230. The predicted octanol–water partition coefficient (Wildman–Crippen LogP) is 13.6. The maximum atomic E-state index is 6.94. The maximum Gasteiger partial charge on any atom is 0.159 e. The normalized spacial score (nSPS) is 18.0. The lowest BCUT2D eigenvalue weighted by Gasteiger charge is -2.21. The van der Waals surface area contributed by atoms with Crippen LogP contribution in [-0.2, 0) is 5.41 Å². The Morgan fingerprint density at radius 3 is 2.39 bits per heavy atom. The van der Waals surface area contributed by atoms with Crippen molar-refractivity contribution in [3.05, 3.63) is 191 Å². The topological polar surface area (TPSA) is 42.8 Å². The van der Waals surface area contributed by atoms with Gasteiger partial charge in [-0.1, -0.05) is 141 Å². The van der Waals surface area contributed by atoms with Crippen molar-refractivity contribution in [2.24, 2.45) is 9.98 Å². The molecule has 0 N–H and O–H groups in total. The van der Waals surface area contributed by atoms with Crippen LogP contribution in [0.15, 0.2) is 178 Å². The highest BCUT2D eigenvalue weighted by atomic mass is 16.3. The fourth-order valence-corrected chi connectivity index (χ4v) is 9.94. The summed E-state index contributed by atoms with van der Waals surface area (Å²) in [5.74, 6) is 0.747. The van der Waals surface area contributed by atoms with Crippen LogP contribution in [0.1, 0.15) is 67.0 Å². The molecule has 0 fully saturated rings. The quantitative estimate of drug-likeness (QED) is 0.174. The van der Waals surface area contributed by atoms with Crippen LogP contribution in [0.2, 0.25) is 0 Å². The van der Waals surface area contributed by atoms with E-state index in [1.165, 1.54) is 55.3 Å². The standard InChI is InChI=1S/C53H39N3O/c1-53(2)42-22-10-8-18-36(42)40-31-46-41(30-43(40)53)37-19-9-11-23-44(37)56(46)45-24-12-20-38-48-39(21-13-25-47(48)57-51(38)45)52-54-49(34-16-6-7-17-34)50(55-52)35-28-26-33(27-29-35)32-14-4-3-5-15-32/h4,6-16,18-31,50H,3,5,17H2,1-2H3. The molecule has 4 aliphatic rings. The lowest BCUT2D eigenvalue weighted by Crippen LogP contribution is -2.14. The lowest BCUT2D eigenvalue weighted by molar-refractivity contribution is 0.661. The first-order valence-electron chi connectivity index (χ1n) is 20.1. The molecular weight excluding hydrogens is 695 g/mol. The summed E-state index contributed by atoms with van der Waals surface area (Å²) in [6, 6.07) is 44.1. The van der Waals surface area contributed by atoms with Crippen LogP contribution in [0, 0.1) is 0 Å². The van der Waals surface area contributed by atoms with Gasteiger partial charge in [-0.15, -0.1) is 0 Å². The van der Waals surface area contributed by atoms with Crippen molar-refractivity contribution in [2.75, 3.05) is 0 Å². The Morgan fingerprint density at radius 1 is 0.702 bits per heavy atom. The van der Waals surface area contributed by atoms with E-state index in [1.54, 1.807) is 0 Å². The van der Waals surface area contributed by atoms with E-state index in [-0.39, 0.29) is 11.5 Å². The Labute approximate surface area is 331 Å². The van der Waals surface area contributed by atoms with Crippen LogP contribution in [0.25, 0.3) is 66.1 Å². The van der Waals surface area contributed by atoms with Gasteiger partial charge in [-0.05, 0) is 94.1 Å². The van der Waals surface area contributed by atoms with E-state index in [2.05, 4.69) is 176 Å². The summed E-state index contributed by atoms with van der Waals surface area (Å²) in [7, 11) is 0. The maximum absolute atomic E-state index is 6.94. The molecule has 0 amide bonds. The number of aromatic nitrogens is 1. The lowest BCUT2D eigenvalue weighted by atomic mass is 9.82. The molecule has 6 aromatic carbocycles. The van der Waals surface area contributed by atoms with Gasteiger partial charge in [0.15, 0.2) is 11.4 Å². The molecule has 2 aromatic heterocycles. The van der Waals surface area contributed by atoms with Gasteiger partial charge in [0.05, 0.1) is 22.4 Å². The molecule has 3 heterocycles. The van der Waals surface area contributed by atoms with Crippen LogP contribution in [-0.4, -0.2) is 16.1 Å². The van der Waals surface area contributed by atoms with E-state index in [4.69, 9.17) is 14.4 Å². The number of allylic oxidation sites excluding steroid dienone is 7. The third-order valence-electron chi connectivity index (χ3n) is 12.8. The second kappa shape index (κ2) is 12.1. The van der Waals surface area contributed by atoms with Gasteiger partial charge in [-0.2, -0.15) is 0 Å². The molecule has 0 bridgehead atoms. The van der Waals surface area contributed by atoms with E-state index in [0.29, 0.717) is 0 Å². The van der Waals surface area contributed by atoms with E-state index in [9.17, 15) is 0 Å². The zero-order valence-corrected chi connectivity index (χ0v) is 32.0. The van der Waals surface area contributed by atoms with Gasteiger partial charge in [-0.25, -0.2) is 4.99 Å². The second-order valence-electron chi connectivity index (χ2n) is 16.3. The molecule has 4 heteroatoms. The number of benzene rings is 6. The van der Waals surface area contributed by atoms with Crippen LogP contribution in [0.5, 0.6) is 0 Å². The average Bonchev–Trinajstić information content (AvgIpc) is 4.10. The predicted molar refractivity (Wildman–Crippen MR) is 237 cm³/mol. The third kappa shape index (κ3) is 4.74. The minimum atomic E-state index is -0.186. The highest BCUT2D eigenvalue weighted by Gasteiger charge is 2.36. The first-order valence-corrected chi connectivity index (χ1v) is 20.1. The minimum absolute atomic E-state index is 0.0819. The van der Waals surface area contributed by atoms with Gasteiger partial charge in [0.25, 0.3) is 0 Å². The van der Waals surface area contributed by atoms with Crippen molar-refractivity contribution < 1.29 is 4.42 Å². The van der Waals surface area contributed by atoms with Gasteiger partial charge in [0.2, 0.25) is 0 Å². The summed E-state index contributed by atoms with van der Waals surface area (Å²) in [6.07, 6.45) is 16.4. The van der Waals surface area contributed by atoms with Crippen molar-refractivity contribution in [1.29, 1.82) is 0 Å². The Balaban J connectivity index is 1.03. The van der Waals surface area contributed by atoms with E-state index in [0.717, 1.165) is 75.1 Å². The number of para-hydroxylation sites is 2. The summed E-state index contributed by atoms with van der Waals surface area (Å²) < 4.78 is 9.35. The Kier molecular flexibility index (Phi) is 6.90. The van der Waals surface area contributed by atoms with Crippen molar-refractivity contribution >= 4 is 60.9 Å². The van der Waals surface area contributed by atoms with E-state index < -0.39 is 0 Å². The van der Waals surface area contributed by atoms with E-state index >= 15 is 0 Å². The van der Waals surface area contributed by atoms with Crippen molar-refractivity contribution in [3.63, 3.8) is 0 Å². The second-order valence-corrected chi connectivity index (χ2v) is 16.3. The molecule has 0 spiro atoms. The molecule has 1 aliphatic heterocycles. The zero-order valence-electron chi connectivity index (χ0n) is 32.0. The summed E-state index contributed by atoms with van der Waals surface area (Å²) >= 11 is 0. The first kappa shape index (κ1) is 32.5. The fourth-order valence-electron chi connectivity index (χ4n) is 9.94. The highest BCUT2D eigenvalue weighted by Crippen LogP contribution is 2.51. The average molecular weight is 734 g/mol. The number of nitrogens with zero attached hydrogens (tertiary/aromatic N) is 3. The number of hydrogen-bond acceptors (Lipinski definition) is 3. The van der Waals surface area contributed by atoms with Crippen molar-refractivity contribution in [2.45, 2.75) is 44.6 Å². The SMILES string of the molecule is CC1(C)c2ccccc2-c2cc3c(cc21)c1ccccc1n3-c1cccc2c1oc1cccc(C3=NC(c4ccc(C5=CCCC=C5)cc4)C(C4=CC=CC4)=N3)c12. The highest BCUT2D eigenvalue weighted by molar-refractivity contribution is 6.25. The van der Waals surface area contributed by atoms with Gasteiger partial charge < -0.3 is 8.98 Å². The molecule has 1 atom stereocenters. The third-order valence-corrected chi connectivity index (χ3v) is 12.8. The molecule has 4 nitrogen and oxygen atoms in total. The molecule has 3 aliphatic carbocycles. The molecule has 57 heavy (non-hydrogen) atoms. The molecule has 8 aromatic rings. The molecule has 12 rings (SSSR count). The monoisotopic (exact) mass is 733 g/mol. The number of fused-ring (bicyclic) bond motifs is 9. The Morgan fingerprint density at radius 2 is 1.53 bits per heavy atom. The fraction of sp³-hybridized carbons (Fsp3) is 0.132. The van der Waals surface area contributed by atoms with Crippen molar-refractivity contribution in [1.82, 2.24) is 4.57 Å². The molecule has 0 saturated carbocycles. The summed E-state index contributed by atoms with van der Waals surface area (Å²) in [5, 5.41) is 4.58.